The number of fused-ring (bicyclic) bond motifs is 1. The predicted molar refractivity (Wildman–Crippen MR) is 165 cm³/mol. The first-order valence-electron chi connectivity index (χ1n) is 15.6. The molecule has 2 aromatic rings. The quantitative estimate of drug-likeness (QED) is 0.213. The van der Waals surface area contributed by atoms with Crippen molar-refractivity contribution >= 4 is 21.7 Å². The zero-order valence-corrected chi connectivity index (χ0v) is 27.0. The minimum atomic E-state index is -3.83. The molecule has 0 saturated carbocycles. The Morgan fingerprint density at radius 2 is 1.80 bits per heavy atom. The van der Waals surface area contributed by atoms with Crippen LogP contribution in [0.2, 0.25) is 0 Å². The van der Waals surface area contributed by atoms with E-state index in [1.165, 1.54) is 17.1 Å². The highest BCUT2D eigenvalue weighted by atomic mass is 32.2. The third-order valence-electron chi connectivity index (χ3n) is 7.94. The highest BCUT2D eigenvalue weighted by Gasteiger charge is 2.47. The van der Waals surface area contributed by atoms with Gasteiger partial charge in [-0.3, -0.25) is 9.59 Å². The van der Waals surface area contributed by atoms with Crippen molar-refractivity contribution in [3.05, 3.63) is 54.1 Å². The number of nitrogens with one attached hydrogen (secondary N) is 2. The smallest absolute Gasteiger partial charge is 0.287 e. The van der Waals surface area contributed by atoms with Crippen LogP contribution in [0.25, 0.3) is 0 Å². The van der Waals surface area contributed by atoms with Gasteiger partial charge in [0.1, 0.15) is 13.2 Å². The summed E-state index contributed by atoms with van der Waals surface area (Å²) in [6, 6.07) is 13.2. The molecule has 0 bridgehead atoms. The van der Waals surface area contributed by atoms with E-state index < -0.39 is 38.6 Å². The summed E-state index contributed by atoms with van der Waals surface area (Å²) in [5.74, 6) is -0.916. The van der Waals surface area contributed by atoms with Crippen LogP contribution in [-0.4, -0.2) is 79.5 Å². The second kappa shape index (κ2) is 14.7. The molecule has 2 aliphatic heterocycles. The van der Waals surface area contributed by atoms with Crippen molar-refractivity contribution in [3.8, 4) is 11.5 Å². The Labute approximate surface area is 260 Å². The van der Waals surface area contributed by atoms with Crippen molar-refractivity contribution in [1.29, 1.82) is 0 Å². The Morgan fingerprint density at radius 3 is 2.43 bits per heavy atom. The summed E-state index contributed by atoms with van der Waals surface area (Å²) in [4.78, 5) is 26.3. The molecule has 4 rings (SSSR count). The summed E-state index contributed by atoms with van der Waals surface area (Å²) in [5.41, 5.74) is 3.73. The van der Waals surface area contributed by atoms with Gasteiger partial charge >= 0.3 is 0 Å². The number of amides is 2. The molecule has 2 heterocycles. The molecule has 3 N–H and O–H groups in total. The zero-order valence-electron chi connectivity index (χ0n) is 26.2. The number of hydroxylamine groups is 1. The molecular formula is C32H47N4O7S+. The fraction of sp³-hybridized carbons (Fsp3) is 0.562. The van der Waals surface area contributed by atoms with Crippen LogP contribution >= 0.6 is 0 Å². The Kier molecular flexibility index (Phi) is 11.3. The van der Waals surface area contributed by atoms with Crippen LogP contribution in [0.5, 0.6) is 11.5 Å². The lowest BCUT2D eigenvalue weighted by atomic mass is 10.0. The molecule has 2 aromatic carbocycles. The van der Waals surface area contributed by atoms with Crippen LogP contribution in [0.3, 0.4) is 0 Å². The van der Waals surface area contributed by atoms with Crippen LogP contribution in [0.15, 0.2) is 53.4 Å². The van der Waals surface area contributed by atoms with E-state index in [2.05, 4.69) is 10.7 Å². The van der Waals surface area contributed by atoms with Gasteiger partial charge in [-0.1, -0.05) is 58.0 Å². The van der Waals surface area contributed by atoms with Gasteiger partial charge in [0.15, 0.2) is 27.9 Å². The van der Waals surface area contributed by atoms with Gasteiger partial charge in [0.25, 0.3) is 11.8 Å². The molecule has 4 atom stereocenters. The molecule has 3 unspecified atom stereocenters. The maximum atomic E-state index is 14.0. The van der Waals surface area contributed by atoms with Gasteiger partial charge in [-0.05, 0) is 55.8 Å². The zero-order chi connectivity index (χ0) is 31.9. The first-order valence-corrected chi connectivity index (χ1v) is 17.2. The van der Waals surface area contributed by atoms with E-state index in [0.717, 1.165) is 12.0 Å². The number of quaternary nitrogens is 1. The first-order chi connectivity index (χ1) is 20.9. The number of hydrogen-bond acceptors (Lipinski definition) is 8. The number of sulfone groups is 1. The number of ether oxygens (including phenoxy) is 2. The molecule has 2 aliphatic rings. The number of benzene rings is 2. The van der Waals surface area contributed by atoms with Crippen molar-refractivity contribution in [2.75, 3.05) is 32.1 Å². The molecule has 11 nitrogen and oxygen atoms in total. The van der Waals surface area contributed by atoms with E-state index >= 15 is 0 Å². The maximum absolute atomic E-state index is 14.0. The van der Waals surface area contributed by atoms with Crippen molar-refractivity contribution in [3.63, 3.8) is 0 Å². The van der Waals surface area contributed by atoms with Gasteiger partial charge in [-0.15, -0.1) is 10.4 Å². The predicted octanol–water partition coefficient (Wildman–Crippen LogP) is 3.67. The van der Waals surface area contributed by atoms with Gasteiger partial charge in [0, 0.05) is 23.3 Å². The van der Waals surface area contributed by atoms with Crippen LogP contribution in [0.1, 0.15) is 58.9 Å². The SMILES string of the molecule is CCC(Cc1ccccc1)N(C(=O)CC(C)C)[N+](O)(C[C@@H](C)CS(=O)(=O)c1ccc2c(c1)OCCO2)NC(=O)C1CCCN1. The summed E-state index contributed by atoms with van der Waals surface area (Å²) in [6.07, 6.45) is 2.51. The minimum absolute atomic E-state index is 0.00658. The van der Waals surface area contributed by atoms with E-state index in [9.17, 15) is 23.2 Å². The van der Waals surface area contributed by atoms with Gasteiger partial charge in [0.05, 0.1) is 22.7 Å². The highest BCUT2D eigenvalue weighted by molar-refractivity contribution is 7.91. The molecular weight excluding hydrogens is 584 g/mol. The maximum Gasteiger partial charge on any atom is 0.287 e. The fourth-order valence-corrected chi connectivity index (χ4v) is 7.53. The van der Waals surface area contributed by atoms with Crippen molar-refractivity contribution in [2.45, 2.75) is 76.8 Å². The largest absolute Gasteiger partial charge is 0.486 e. The normalized spacial score (nSPS) is 19.2. The van der Waals surface area contributed by atoms with Crippen LogP contribution in [0.4, 0.5) is 0 Å². The van der Waals surface area contributed by atoms with E-state index in [1.54, 1.807) is 13.0 Å². The average Bonchev–Trinajstić information content (AvgIpc) is 3.52. The van der Waals surface area contributed by atoms with E-state index in [0.29, 0.717) is 50.5 Å². The lowest BCUT2D eigenvalue weighted by Gasteiger charge is -2.43. The van der Waals surface area contributed by atoms with Crippen LogP contribution < -0.4 is 20.2 Å². The summed E-state index contributed by atoms with van der Waals surface area (Å²) in [5, 5.41) is 16.9. The molecule has 2 amide bonds. The Hall–Kier alpha value is -3.19. The van der Waals surface area contributed by atoms with Crippen LogP contribution in [-0.2, 0) is 25.8 Å². The van der Waals surface area contributed by atoms with E-state index in [1.807, 2.05) is 51.1 Å². The number of hydrogen-bond donors (Lipinski definition) is 3. The molecule has 1 saturated heterocycles. The lowest BCUT2D eigenvalue weighted by molar-refractivity contribution is -1.21. The molecule has 12 heteroatoms. The summed E-state index contributed by atoms with van der Waals surface area (Å²) in [6.45, 7) is 8.63. The Bertz CT molecular complexity index is 1380. The highest BCUT2D eigenvalue weighted by Crippen LogP contribution is 2.33. The molecule has 44 heavy (non-hydrogen) atoms. The van der Waals surface area contributed by atoms with E-state index in [-0.39, 0.29) is 35.4 Å². The molecule has 242 valence electrons. The Balaban J connectivity index is 1.66. The minimum Gasteiger partial charge on any atom is -0.486 e. The molecule has 0 radical (unpaired) electrons. The molecule has 0 aromatic heterocycles. The summed E-state index contributed by atoms with van der Waals surface area (Å²) in [7, 11) is -3.83. The third kappa shape index (κ3) is 8.50. The first kappa shape index (κ1) is 33.7. The summed E-state index contributed by atoms with van der Waals surface area (Å²) < 4.78 is 38.2. The van der Waals surface area contributed by atoms with Gasteiger partial charge in [-0.2, -0.15) is 5.21 Å². The van der Waals surface area contributed by atoms with Crippen molar-refractivity contribution in [1.82, 2.24) is 15.8 Å². The van der Waals surface area contributed by atoms with Gasteiger partial charge < -0.3 is 14.8 Å². The van der Waals surface area contributed by atoms with Crippen molar-refractivity contribution < 1.29 is 37.6 Å². The monoisotopic (exact) mass is 631 g/mol. The number of carbonyl (C=O) groups is 2. The molecule has 0 spiro atoms. The number of rotatable bonds is 14. The van der Waals surface area contributed by atoms with E-state index in [4.69, 9.17) is 9.47 Å². The van der Waals surface area contributed by atoms with Gasteiger partial charge in [-0.25, -0.2) is 8.42 Å². The van der Waals surface area contributed by atoms with Crippen LogP contribution in [0, 0.1) is 11.8 Å². The van der Waals surface area contributed by atoms with Gasteiger partial charge in [0.2, 0.25) is 0 Å². The number of carbonyl (C=O) groups excluding carboxylic acids is 2. The van der Waals surface area contributed by atoms with Crippen molar-refractivity contribution in [2.24, 2.45) is 11.8 Å². The second-order valence-corrected chi connectivity index (χ2v) is 14.4. The Morgan fingerprint density at radius 1 is 1.09 bits per heavy atom. The topological polar surface area (TPSA) is 134 Å². The average molecular weight is 632 g/mol. The molecule has 0 aliphatic carbocycles. The second-order valence-electron chi connectivity index (χ2n) is 12.3. The lowest BCUT2D eigenvalue weighted by Crippen LogP contribution is -2.73. The fourth-order valence-electron chi connectivity index (χ4n) is 5.92. The summed E-state index contributed by atoms with van der Waals surface area (Å²) >= 11 is 0. The third-order valence-corrected chi connectivity index (χ3v) is 9.92. The number of nitrogens with zero attached hydrogens (tertiary/aromatic N) is 2. The molecule has 1 fully saturated rings. The standard InChI is InChI=1S/C32H46N4O7S/c1-5-26(19-25-10-7-6-8-11-25)35(31(37)18-23(2)3)36(39,34-32(38)28-12-9-15-33-28)21-24(4)22-44(40,41)27-13-14-29-30(20-27)43-17-16-42-29/h6-8,10-11,13-14,20,23-24,26,28,33,39H,5,9,12,15-19,21-22H2,1-4H3/p+1/t24-,26?,28?,36?/m1/s1.